The van der Waals surface area contributed by atoms with Gasteiger partial charge in [-0.25, -0.2) is 0 Å². The molecule has 3 heteroatoms. The van der Waals surface area contributed by atoms with Gasteiger partial charge in [0, 0.05) is 26.1 Å². The van der Waals surface area contributed by atoms with Gasteiger partial charge in [-0.3, -0.25) is 0 Å². The number of nitrogens with zero attached hydrogens (tertiary/aromatic N) is 1. The minimum absolute atomic E-state index is 0.759. The van der Waals surface area contributed by atoms with Gasteiger partial charge in [-0.1, -0.05) is 0 Å². The van der Waals surface area contributed by atoms with Crippen molar-refractivity contribution in [3.05, 3.63) is 0 Å². The smallest absolute Gasteiger partial charge is 0.0491 e. The van der Waals surface area contributed by atoms with E-state index in [1.165, 1.54) is 25.9 Å². The first kappa shape index (κ1) is 10.3. The molecule has 0 atom stereocenters. The zero-order valence-corrected chi connectivity index (χ0v) is 8.52. The molecule has 1 saturated heterocycles. The first-order chi connectivity index (χ1) is 5.86. The highest BCUT2D eigenvalue weighted by Crippen LogP contribution is 2.16. The summed E-state index contributed by atoms with van der Waals surface area (Å²) >= 11 is 5.67. The summed E-state index contributed by atoms with van der Waals surface area (Å²) in [6, 6.07) is 0. The Bertz CT molecular complexity index is 99.1. The number of hydrogen-bond acceptors (Lipinski definition) is 2. The van der Waals surface area contributed by atoms with Gasteiger partial charge in [0.05, 0.1) is 0 Å². The second-order valence-electron chi connectivity index (χ2n) is 3.43. The summed E-state index contributed by atoms with van der Waals surface area (Å²) in [5, 5.41) is 0. The highest BCUT2D eigenvalue weighted by molar-refractivity contribution is 6.18. The van der Waals surface area contributed by atoms with Crippen LogP contribution in [-0.2, 0) is 4.74 Å². The number of methoxy groups -OCH3 is 1. The molecule has 12 heavy (non-hydrogen) atoms. The maximum Gasteiger partial charge on any atom is 0.0491 e. The fourth-order valence-corrected chi connectivity index (χ4v) is 1.97. The molecule has 0 aliphatic carbocycles. The van der Waals surface area contributed by atoms with Gasteiger partial charge in [-0.2, -0.15) is 0 Å². The molecule has 0 unspecified atom stereocenters. The average Bonchev–Trinajstić information content (AvgIpc) is 2.09. The molecule has 1 fully saturated rings. The number of alkyl halides is 1. The molecule has 1 aliphatic heterocycles. The molecule has 0 N–H and O–H groups in total. The van der Waals surface area contributed by atoms with Crippen molar-refractivity contribution in [1.29, 1.82) is 0 Å². The van der Waals surface area contributed by atoms with Gasteiger partial charge in [0.1, 0.15) is 0 Å². The van der Waals surface area contributed by atoms with Crippen LogP contribution in [0.2, 0.25) is 0 Å². The predicted octanol–water partition coefficient (Wildman–Crippen LogP) is 1.58. The molecule has 0 aromatic rings. The number of ether oxygens (including phenoxy) is 1. The molecule has 1 rings (SSSR count). The Morgan fingerprint density at radius 1 is 1.42 bits per heavy atom. The zero-order chi connectivity index (χ0) is 8.81. The summed E-state index contributed by atoms with van der Waals surface area (Å²) in [6.45, 7) is 4.36. The number of likely N-dealkylation sites (tertiary alicyclic amines) is 1. The Balaban J connectivity index is 2.11. The van der Waals surface area contributed by atoms with E-state index in [2.05, 4.69) is 4.90 Å². The van der Waals surface area contributed by atoms with Crippen LogP contribution in [0.5, 0.6) is 0 Å². The lowest BCUT2D eigenvalue weighted by molar-refractivity contribution is 0.102. The molecular formula is C9H18ClNO. The van der Waals surface area contributed by atoms with E-state index in [9.17, 15) is 0 Å². The molecule has 2 nitrogen and oxygen atoms in total. The third-order valence-electron chi connectivity index (χ3n) is 2.51. The number of rotatable bonds is 4. The molecule has 0 aromatic heterocycles. The lowest BCUT2D eigenvalue weighted by atomic mass is 9.98. The van der Waals surface area contributed by atoms with Crippen molar-refractivity contribution in [2.24, 2.45) is 5.92 Å². The third-order valence-corrected chi connectivity index (χ3v) is 2.68. The second kappa shape index (κ2) is 5.79. The van der Waals surface area contributed by atoms with E-state index in [0.717, 1.165) is 24.9 Å². The fourth-order valence-electron chi connectivity index (χ4n) is 1.73. The maximum absolute atomic E-state index is 5.67. The van der Waals surface area contributed by atoms with Crippen molar-refractivity contribution >= 4 is 11.6 Å². The van der Waals surface area contributed by atoms with Gasteiger partial charge in [-0.05, 0) is 31.8 Å². The fraction of sp³-hybridized carbons (Fsp3) is 1.00. The lowest BCUT2D eigenvalue weighted by Crippen LogP contribution is -2.36. The van der Waals surface area contributed by atoms with Crippen molar-refractivity contribution in [3.63, 3.8) is 0 Å². The van der Waals surface area contributed by atoms with Crippen LogP contribution in [0.15, 0.2) is 0 Å². The highest BCUT2D eigenvalue weighted by atomic mass is 35.5. The minimum Gasteiger partial charge on any atom is -0.384 e. The van der Waals surface area contributed by atoms with Crippen LogP contribution in [0.4, 0.5) is 0 Å². The topological polar surface area (TPSA) is 12.5 Å². The molecular weight excluding hydrogens is 174 g/mol. The molecule has 1 heterocycles. The first-order valence-electron chi connectivity index (χ1n) is 4.64. The van der Waals surface area contributed by atoms with Crippen molar-refractivity contribution in [1.82, 2.24) is 4.90 Å². The Hall–Kier alpha value is 0.210. The summed E-state index contributed by atoms with van der Waals surface area (Å²) in [5.41, 5.74) is 0. The van der Waals surface area contributed by atoms with E-state index < -0.39 is 0 Å². The number of hydrogen-bond donors (Lipinski definition) is 0. The molecule has 0 spiro atoms. The quantitative estimate of drug-likeness (QED) is 0.626. The lowest BCUT2D eigenvalue weighted by Gasteiger charge is -2.30. The van der Waals surface area contributed by atoms with Crippen LogP contribution in [0, 0.1) is 5.92 Å². The van der Waals surface area contributed by atoms with Gasteiger partial charge in [0.25, 0.3) is 0 Å². The van der Waals surface area contributed by atoms with Crippen LogP contribution in [0.1, 0.15) is 12.8 Å². The van der Waals surface area contributed by atoms with Crippen molar-refractivity contribution in [2.45, 2.75) is 12.8 Å². The van der Waals surface area contributed by atoms with Gasteiger partial charge in [0.2, 0.25) is 0 Å². The van der Waals surface area contributed by atoms with E-state index in [0.29, 0.717) is 0 Å². The summed E-state index contributed by atoms with van der Waals surface area (Å²) in [6.07, 6.45) is 2.54. The summed E-state index contributed by atoms with van der Waals surface area (Å²) in [7, 11) is 1.78. The van der Waals surface area contributed by atoms with Crippen LogP contribution >= 0.6 is 11.6 Å². The van der Waals surface area contributed by atoms with E-state index in [-0.39, 0.29) is 0 Å². The molecule has 0 radical (unpaired) electrons. The van der Waals surface area contributed by atoms with E-state index in [1.807, 2.05) is 0 Å². The van der Waals surface area contributed by atoms with Gasteiger partial charge < -0.3 is 9.64 Å². The van der Waals surface area contributed by atoms with Crippen molar-refractivity contribution in [2.75, 3.05) is 39.2 Å². The van der Waals surface area contributed by atoms with E-state index in [4.69, 9.17) is 16.3 Å². The molecule has 1 aliphatic rings. The van der Waals surface area contributed by atoms with Crippen LogP contribution in [0.25, 0.3) is 0 Å². The third kappa shape index (κ3) is 3.30. The minimum atomic E-state index is 0.759. The summed E-state index contributed by atoms with van der Waals surface area (Å²) < 4.78 is 5.13. The van der Waals surface area contributed by atoms with Gasteiger partial charge in [0.15, 0.2) is 0 Å². The van der Waals surface area contributed by atoms with Crippen LogP contribution in [0.3, 0.4) is 0 Å². The Kier molecular flexibility index (Phi) is 4.96. The highest BCUT2D eigenvalue weighted by Gasteiger charge is 2.17. The van der Waals surface area contributed by atoms with Gasteiger partial charge in [-0.15, -0.1) is 11.6 Å². The van der Waals surface area contributed by atoms with Crippen molar-refractivity contribution in [3.8, 4) is 0 Å². The van der Waals surface area contributed by atoms with E-state index >= 15 is 0 Å². The Labute approximate surface area is 79.8 Å². The first-order valence-corrected chi connectivity index (χ1v) is 5.17. The largest absolute Gasteiger partial charge is 0.384 e. The normalized spacial score (nSPS) is 21.5. The SMILES string of the molecule is COCC1CCN(CCCl)CC1. The second-order valence-corrected chi connectivity index (χ2v) is 3.81. The molecule has 0 amide bonds. The Morgan fingerprint density at radius 3 is 2.58 bits per heavy atom. The summed E-state index contributed by atoms with van der Waals surface area (Å²) in [4.78, 5) is 2.43. The Morgan fingerprint density at radius 2 is 2.08 bits per heavy atom. The van der Waals surface area contributed by atoms with Crippen LogP contribution in [-0.4, -0.2) is 44.1 Å². The van der Waals surface area contributed by atoms with E-state index in [1.54, 1.807) is 7.11 Å². The van der Waals surface area contributed by atoms with Gasteiger partial charge >= 0.3 is 0 Å². The summed E-state index contributed by atoms with van der Waals surface area (Å²) in [5.74, 6) is 1.54. The zero-order valence-electron chi connectivity index (χ0n) is 7.76. The monoisotopic (exact) mass is 191 g/mol. The van der Waals surface area contributed by atoms with Crippen molar-refractivity contribution < 1.29 is 4.74 Å². The standard InChI is InChI=1S/C9H18ClNO/c1-12-8-9-2-5-11(6-3-9)7-4-10/h9H,2-8H2,1H3. The molecule has 0 aromatic carbocycles. The predicted molar refractivity (Wildman–Crippen MR) is 51.8 cm³/mol. The number of piperidine rings is 1. The maximum atomic E-state index is 5.67. The number of halogens is 1. The van der Waals surface area contributed by atoms with Crippen LogP contribution < -0.4 is 0 Å². The average molecular weight is 192 g/mol. The molecule has 0 bridgehead atoms. The molecule has 0 saturated carbocycles. The molecule has 72 valence electrons.